The molecule has 1 rings (SSSR count). The molecule has 1 aromatic carbocycles. The smallest absolute Gasteiger partial charge is 0.244 e. The standard InChI is InChI=1S/C11H18N2O4S/c1-13(7-9(14)8-17-2)18(15,16)11-6-4-3-5-10(11)12/h3-6,9,14H,7-8,12H2,1-2H3. The van der Waals surface area contributed by atoms with Gasteiger partial charge in [0, 0.05) is 20.7 Å². The van der Waals surface area contributed by atoms with Gasteiger partial charge in [-0.25, -0.2) is 8.42 Å². The van der Waals surface area contributed by atoms with E-state index >= 15 is 0 Å². The summed E-state index contributed by atoms with van der Waals surface area (Å²) in [7, 11) is -0.863. The number of para-hydroxylation sites is 1. The minimum Gasteiger partial charge on any atom is -0.398 e. The Balaban J connectivity index is 2.90. The van der Waals surface area contributed by atoms with E-state index in [1.165, 1.54) is 26.3 Å². The number of hydrogen-bond donors (Lipinski definition) is 2. The van der Waals surface area contributed by atoms with Crippen LogP contribution in [0.25, 0.3) is 0 Å². The number of aliphatic hydroxyl groups is 1. The molecule has 6 nitrogen and oxygen atoms in total. The Bertz CT molecular complexity index is 490. The molecule has 0 heterocycles. The fourth-order valence-electron chi connectivity index (χ4n) is 1.52. The predicted molar refractivity (Wildman–Crippen MR) is 68.6 cm³/mol. The van der Waals surface area contributed by atoms with Crippen LogP contribution in [-0.2, 0) is 14.8 Å². The van der Waals surface area contributed by atoms with Gasteiger partial charge in [-0.3, -0.25) is 0 Å². The summed E-state index contributed by atoms with van der Waals surface area (Å²) < 4.78 is 30.2. The third kappa shape index (κ3) is 3.42. The molecule has 0 radical (unpaired) electrons. The van der Waals surface area contributed by atoms with E-state index in [4.69, 9.17) is 10.5 Å². The molecule has 1 atom stereocenters. The van der Waals surface area contributed by atoms with Gasteiger partial charge in [-0.1, -0.05) is 12.1 Å². The molecule has 3 N–H and O–H groups in total. The molecule has 0 aliphatic heterocycles. The third-order valence-corrected chi connectivity index (χ3v) is 4.33. The number of nitrogens with zero attached hydrogens (tertiary/aromatic N) is 1. The van der Waals surface area contributed by atoms with E-state index < -0.39 is 16.1 Å². The number of benzene rings is 1. The molecule has 7 heteroatoms. The van der Waals surface area contributed by atoms with Crippen molar-refractivity contribution < 1.29 is 18.3 Å². The average molecular weight is 274 g/mol. The summed E-state index contributed by atoms with van der Waals surface area (Å²) in [5, 5.41) is 9.54. The van der Waals surface area contributed by atoms with Crippen LogP contribution in [0.4, 0.5) is 5.69 Å². The number of likely N-dealkylation sites (N-methyl/N-ethyl adjacent to an activating group) is 1. The lowest BCUT2D eigenvalue weighted by molar-refractivity contribution is 0.0554. The van der Waals surface area contributed by atoms with Crippen molar-refractivity contribution in [2.75, 3.05) is 33.0 Å². The van der Waals surface area contributed by atoms with Gasteiger partial charge in [-0.2, -0.15) is 4.31 Å². The molecular weight excluding hydrogens is 256 g/mol. The minimum atomic E-state index is -3.69. The maximum atomic E-state index is 12.2. The molecule has 1 unspecified atom stereocenters. The first-order chi connectivity index (χ1) is 8.39. The normalized spacial score (nSPS) is 13.8. The summed E-state index contributed by atoms with van der Waals surface area (Å²) in [6, 6.07) is 6.22. The van der Waals surface area contributed by atoms with Gasteiger partial charge in [0.15, 0.2) is 0 Å². The van der Waals surface area contributed by atoms with Crippen LogP contribution in [0.1, 0.15) is 0 Å². The van der Waals surface area contributed by atoms with Gasteiger partial charge >= 0.3 is 0 Å². The molecule has 0 saturated carbocycles. The van der Waals surface area contributed by atoms with Crippen molar-refractivity contribution in [3.05, 3.63) is 24.3 Å². The fraction of sp³-hybridized carbons (Fsp3) is 0.455. The lowest BCUT2D eigenvalue weighted by atomic mass is 10.3. The van der Waals surface area contributed by atoms with Crippen LogP contribution >= 0.6 is 0 Å². The number of aliphatic hydroxyl groups excluding tert-OH is 1. The van der Waals surface area contributed by atoms with Crippen LogP contribution in [-0.4, -0.2) is 51.2 Å². The Morgan fingerprint density at radius 2 is 2.06 bits per heavy atom. The van der Waals surface area contributed by atoms with Gasteiger partial charge in [-0.05, 0) is 12.1 Å². The van der Waals surface area contributed by atoms with E-state index in [0.29, 0.717) is 0 Å². The average Bonchev–Trinajstić information content (AvgIpc) is 2.29. The second kappa shape index (κ2) is 6.14. The van der Waals surface area contributed by atoms with Gasteiger partial charge in [0.05, 0.1) is 18.4 Å². The van der Waals surface area contributed by atoms with Gasteiger partial charge in [0.1, 0.15) is 4.90 Å². The zero-order valence-corrected chi connectivity index (χ0v) is 11.2. The van der Waals surface area contributed by atoms with Crippen molar-refractivity contribution in [3.8, 4) is 0 Å². The molecule has 0 fully saturated rings. The Morgan fingerprint density at radius 3 is 2.61 bits per heavy atom. The SMILES string of the molecule is COCC(O)CN(C)S(=O)(=O)c1ccccc1N. The number of methoxy groups -OCH3 is 1. The maximum absolute atomic E-state index is 12.2. The molecule has 0 spiro atoms. The Hall–Kier alpha value is -1.15. The van der Waals surface area contributed by atoms with Crippen molar-refractivity contribution in [1.29, 1.82) is 0 Å². The van der Waals surface area contributed by atoms with Crippen molar-refractivity contribution in [2.24, 2.45) is 0 Å². The summed E-state index contributed by atoms with van der Waals surface area (Å²) in [6.45, 7) is 0.0225. The van der Waals surface area contributed by atoms with Crippen molar-refractivity contribution >= 4 is 15.7 Å². The number of anilines is 1. The summed E-state index contributed by atoms with van der Waals surface area (Å²) in [4.78, 5) is 0.0390. The van der Waals surface area contributed by atoms with Crippen LogP contribution in [0.5, 0.6) is 0 Å². The number of ether oxygens (including phenoxy) is 1. The van der Waals surface area contributed by atoms with Crippen molar-refractivity contribution in [2.45, 2.75) is 11.0 Å². The molecule has 0 saturated heterocycles. The zero-order valence-electron chi connectivity index (χ0n) is 10.4. The predicted octanol–water partition coefficient (Wildman–Crippen LogP) is -0.103. The third-order valence-electron chi connectivity index (χ3n) is 2.43. The second-order valence-electron chi connectivity index (χ2n) is 3.93. The van der Waals surface area contributed by atoms with Gasteiger partial charge in [0.2, 0.25) is 10.0 Å². The summed E-state index contributed by atoms with van der Waals surface area (Å²) in [5.74, 6) is 0. The molecule has 1 aromatic rings. The first-order valence-electron chi connectivity index (χ1n) is 5.37. The quantitative estimate of drug-likeness (QED) is 0.706. The Morgan fingerprint density at radius 1 is 1.44 bits per heavy atom. The van der Waals surface area contributed by atoms with Crippen LogP contribution in [0.2, 0.25) is 0 Å². The summed E-state index contributed by atoms with van der Waals surface area (Å²) in [5.41, 5.74) is 5.83. The molecular formula is C11H18N2O4S. The molecule has 0 aliphatic carbocycles. The monoisotopic (exact) mass is 274 g/mol. The zero-order chi connectivity index (χ0) is 13.8. The Kier molecular flexibility index (Phi) is 5.09. The number of hydrogen-bond acceptors (Lipinski definition) is 5. The van der Waals surface area contributed by atoms with Gasteiger partial charge in [-0.15, -0.1) is 0 Å². The molecule has 0 amide bonds. The van der Waals surface area contributed by atoms with E-state index in [-0.39, 0.29) is 23.7 Å². The van der Waals surface area contributed by atoms with E-state index in [2.05, 4.69) is 0 Å². The first-order valence-corrected chi connectivity index (χ1v) is 6.81. The lowest BCUT2D eigenvalue weighted by Gasteiger charge is -2.20. The van der Waals surface area contributed by atoms with E-state index in [9.17, 15) is 13.5 Å². The highest BCUT2D eigenvalue weighted by atomic mass is 32.2. The van der Waals surface area contributed by atoms with Crippen LogP contribution in [0, 0.1) is 0 Å². The number of nitrogens with two attached hydrogens (primary N) is 1. The maximum Gasteiger partial charge on any atom is 0.244 e. The number of sulfonamides is 1. The highest BCUT2D eigenvalue weighted by molar-refractivity contribution is 7.89. The van der Waals surface area contributed by atoms with Gasteiger partial charge in [0.25, 0.3) is 0 Å². The van der Waals surface area contributed by atoms with Crippen molar-refractivity contribution in [1.82, 2.24) is 4.31 Å². The highest BCUT2D eigenvalue weighted by Crippen LogP contribution is 2.20. The van der Waals surface area contributed by atoms with E-state index in [1.54, 1.807) is 12.1 Å². The summed E-state index contributed by atoms with van der Waals surface area (Å²) in [6.07, 6.45) is -0.875. The number of nitrogen functional groups attached to an aromatic ring is 1. The first kappa shape index (κ1) is 14.9. The second-order valence-corrected chi connectivity index (χ2v) is 5.95. The lowest BCUT2D eigenvalue weighted by Crippen LogP contribution is -2.36. The molecule has 0 bridgehead atoms. The number of rotatable bonds is 6. The Labute approximate surface area is 107 Å². The molecule has 18 heavy (non-hydrogen) atoms. The van der Waals surface area contributed by atoms with Crippen LogP contribution in [0.3, 0.4) is 0 Å². The molecule has 0 aromatic heterocycles. The topological polar surface area (TPSA) is 92.9 Å². The van der Waals surface area contributed by atoms with Gasteiger partial charge < -0.3 is 15.6 Å². The largest absolute Gasteiger partial charge is 0.398 e. The van der Waals surface area contributed by atoms with Crippen molar-refractivity contribution in [3.63, 3.8) is 0 Å². The fourth-order valence-corrected chi connectivity index (χ4v) is 2.84. The summed E-state index contributed by atoms with van der Waals surface area (Å²) >= 11 is 0. The van der Waals surface area contributed by atoms with E-state index in [1.807, 2.05) is 0 Å². The van der Waals surface area contributed by atoms with E-state index in [0.717, 1.165) is 4.31 Å². The molecule has 0 aliphatic rings. The van der Waals surface area contributed by atoms with Crippen LogP contribution in [0.15, 0.2) is 29.2 Å². The minimum absolute atomic E-state index is 0.0390. The highest BCUT2D eigenvalue weighted by Gasteiger charge is 2.24. The van der Waals surface area contributed by atoms with Crippen LogP contribution < -0.4 is 5.73 Å². The molecule has 102 valence electrons.